The predicted octanol–water partition coefficient (Wildman–Crippen LogP) is 1.97. The summed E-state index contributed by atoms with van der Waals surface area (Å²) >= 11 is 0. The Labute approximate surface area is 86.7 Å². The Morgan fingerprint density at radius 3 is 2.43 bits per heavy atom. The Kier molecular flexibility index (Phi) is 2.45. The normalized spacial score (nSPS) is 25.7. The molecule has 1 fully saturated rings. The van der Waals surface area contributed by atoms with Crippen molar-refractivity contribution in [1.29, 1.82) is 0 Å². The summed E-state index contributed by atoms with van der Waals surface area (Å²) in [4.78, 5) is 0.888. The molecule has 2 atom stereocenters. The number of rotatable bonds is 3. The van der Waals surface area contributed by atoms with Gasteiger partial charge >= 0.3 is 0 Å². The lowest BCUT2D eigenvalue weighted by Crippen LogP contribution is -2.11. The third-order valence-electron chi connectivity index (χ3n) is 2.47. The minimum Gasteiger partial charge on any atom is -0.366 e. The van der Waals surface area contributed by atoms with Gasteiger partial charge in [-0.15, -0.1) is 0 Å². The fraction of sp³-hybridized carbons (Fsp3) is 0.455. The van der Waals surface area contributed by atoms with Gasteiger partial charge in [-0.05, 0) is 26.0 Å². The predicted molar refractivity (Wildman–Crippen MR) is 56.7 cm³/mol. The monoisotopic (exact) mass is 210 g/mol. The molecular formula is C11H14O2S. The molecule has 1 aromatic carbocycles. The van der Waals surface area contributed by atoms with Crippen LogP contribution in [-0.4, -0.2) is 21.7 Å². The zero-order valence-corrected chi connectivity index (χ0v) is 9.21. The molecule has 2 rings (SSSR count). The first kappa shape index (κ1) is 9.87. The van der Waals surface area contributed by atoms with E-state index in [0.29, 0.717) is 5.75 Å². The maximum absolute atomic E-state index is 11.8. The van der Waals surface area contributed by atoms with Gasteiger partial charge < -0.3 is 4.74 Å². The molecule has 14 heavy (non-hydrogen) atoms. The van der Waals surface area contributed by atoms with Gasteiger partial charge in [-0.25, -0.2) is 0 Å². The minimum atomic E-state index is -0.923. The highest BCUT2D eigenvalue weighted by Crippen LogP contribution is 2.36. The van der Waals surface area contributed by atoms with E-state index in [-0.39, 0.29) is 11.7 Å². The topological polar surface area (TPSA) is 29.6 Å². The molecule has 0 amide bonds. The Morgan fingerprint density at radius 2 is 1.93 bits per heavy atom. The van der Waals surface area contributed by atoms with Gasteiger partial charge in [0, 0.05) is 4.90 Å². The van der Waals surface area contributed by atoms with Gasteiger partial charge in [-0.2, -0.15) is 0 Å². The molecule has 0 radical (unpaired) electrons. The number of ether oxygens (including phenoxy) is 1. The van der Waals surface area contributed by atoms with E-state index < -0.39 is 10.8 Å². The lowest BCUT2D eigenvalue weighted by molar-refractivity contribution is 0.329. The molecule has 0 saturated carbocycles. The Balaban J connectivity index is 1.98. The van der Waals surface area contributed by atoms with Crippen molar-refractivity contribution in [3.05, 3.63) is 30.3 Å². The zero-order chi connectivity index (χ0) is 10.2. The van der Waals surface area contributed by atoms with Crippen LogP contribution >= 0.6 is 0 Å². The Bertz CT molecular complexity index is 346. The highest BCUT2D eigenvalue weighted by Gasteiger charge is 2.48. The van der Waals surface area contributed by atoms with Crippen LogP contribution in [0.25, 0.3) is 0 Å². The lowest BCUT2D eigenvalue weighted by Gasteiger charge is -1.99. The first-order valence-electron chi connectivity index (χ1n) is 4.71. The molecule has 0 bridgehead atoms. The van der Waals surface area contributed by atoms with E-state index in [1.54, 1.807) is 0 Å². The van der Waals surface area contributed by atoms with E-state index in [1.807, 2.05) is 44.2 Å². The molecule has 0 aliphatic carbocycles. The molecule has 2 nitrogen and oxygen atoms in total. The zero-order valence-electron chi connectivity index (χ0n) is 8.40. The number of benzene rings is 1. The van der Waals surface area contributed by atoms with Gasteiger partial charge in [0.25, 0.3) is 0 Å². The third kappa shape index (κ3) is 2.04. The van der Waals surface area contributed by atoms with Crippen LogP contribution < -0.4 is 0 Å². The second kappa shape index (κ2) is 3.48. The van der Waals surface area contributed by atoms with Crippen LogP contribution in [0.4, 0.5) is 0 Å². The summed E-state index contributed by atoms with van der Waals surface area (Å²) in [6, 6.07) is 9.54. The highest BCUT2D eigenvalue weighted by atomic mass is 32.2. The molecule has 1 aliphatic rings. The second-order valence-corrected chi connectivity index (χ2v) is 5.53. The summed E-state index contributed by atoms with van der Waals surface area (Å²) in [5.41, 5.74) is -0.0650. The lowest BCUT2D eigenvalue weighted by atomic mass is 10.2. The van der Waals surface area contributed by atoms with Crippen molar-refractivity contribution in [1.82, 2.24) is 0 Å². The molecule has 1 aliphatic heterocycles. The summed E-state index contributed by atoms with van der Waals surface area (Å²) in [5.74, 6) is 0.608. The molecule has 1 saturated heterocycles. The van der Waals surface area contributed by atoms with Gasteiger partial charge in [-0.3, -0.25) is 4.21 Å². The Hall–Kier alpha value is -0.670. The highest BCUT2D eigenvalue weighted by molar-refractivity contribution is 7.85. The molecule has 76 valence electrons. The average molecular weight is 210 g/mol. The summed E-state index contributed by atoms with van der Waals surface area (Å²) in [6.45, 7) is 4.06. The van der Waals surface area contributed by atoms with Crippen LogP contribution in [0.15, 0.2) is 35.2 Å². The average Bonchev–Trinajstić information content (AvgIpc) is 2.75. The van der Waals surface area contributed by atoms with Crippen LogP contribution in [0.5, 0.6) is 0 Å². The number of hydrogen-bond acceptors (Lipinski definition) is 2. The first-order valence-corrected chi connectivity index (χ1v) is 6.03. The maximum Gasteiger partial charge on any atom is 0.0986 e. The van der Waals surface area contributed by atoms with Crippen molar-refractivity contribution >= 4 is 10.8 Å². The molecule has 1 heterocycles. The fourth-order valence-electron chi connectivity index (χ4n) is 1.37. The van der Waals surface area contributed by atoms with Crippen LogP contribution in [-0.2, 0) is 15.5 Å². The molecule has 0 N–H and O–H groups in total. The molecule has 1 aromatic rings. The van der Waals surface area contributed by atoms with Crippen molar-refractivity contribution < 1.29 is 8.95 Å². The summed E-state index contributed by atoms with van der Waals surface area (Å²) in [5, 5.41) is 0. The van der Waals surface area contributed by atoms with E-state index in [4.69, 9.17) is 4.74 Å². The molecule has 3 heteroatoms. The van der Waals surface area contributed by atoms with E-state index in [1.165, 1.54) is 0 Å². The van der Waals surface area contributed by atoms with E-state index in [9.17, 15) is 4.21 Å². The maximum atomic E-state index is 11.8. The molecule has 0 spiro atoms. The molecule has 2 unspecified atom stereocenters. The van der Waals surface area contributed by atoms with Gasteiger partial charge in [0.1, 0.15) is 0 Å². The van der Waals surface area contributed by atoms with Gasteiger partial charge in [-0.1, -0.05) is 18.2 Å². The van der Waals surface area contributed by atoms with E-state index in [2.05, 4.69) is 0 Å². The van der Waals surface area contributed by atoms with Crippen molar-refractivity contribution in [3.63, 3.8) is 0 Å². The smallest absolute Gasteiger partial charge is 0.0986 e. The number of epoxide rings is 1. The van der Waals surface area contributed by atoms with Crippen LogP contribution in [0.2, 0.25) is 0 Å². The molecule has 0 aromatic heterocycles. The second-order valence-electron chi connectivity index (χ2n) is 4.04. The number of hydrogen-bond donors (Lipinski definition) is 0. The standard InChI is InChI=1S/C11H14O2S/c1-11(2)10(13-11)8-14(12)9-6-4-3-5-7-9/h3-7,10H,8H2,1-2H3. The van der Waals surface area contributed by atoms with Gasteiger partial charge in [0.05, 0.1) is 28.3 Å². The van der Waals surface area contributed by atoms with Crippen LogP contribution in [0.3, 0.4) is 0 Å². The van der Waals surface area contributed by atoms with E-state index >= 15 is 0 Å². The van der Waals surface area contributed by atoms with Gasteiger partial charge in [0.15, 0.2) is 0 Å². The van der Waals surface area contributed by atoms with Crippen molar-refractivity contribution in [2.75, 3.05) is 5.75 Å². The summed E-state index contributed by atoms with van der Waals surface area (Å²) in [7, 11) is -0.923. The summed E-state index contributed by atoms with van der Waals surface area (Å²) < 4.78 is 17.2. The largest absolute Gasteiger partial charge is 0.366 e. The van der Waals surface area contributed by atoms with Crippen LogP contribution in [0.1, 0.15) is 13.8 Å². The van der Waals surface area contributed by atoms with Crippen molar-refractivity contribution in [2.45, 2.75) is 30.4 Å². The first-order chi connectivity index (χ1) is 6.59. The third-order valence-corrected chi connectivity index (χ3v) is 3.88. The Morgan fingerprint density at radius 1 is 1.36 bits per heavy atom. The SMILES string of the molecule is CC1(C)OC1CS(=O)c1ccccc1. The van der Waals surface area contributed by atoms with Crippen molar-refractivity contribution in [2.24, 2.45) is 0 Å². The minimum absolute atomic E-state index is 0.0650. The quantitative estimate of drug-likeness (QED) is 0.714. The molecular weight excluding hydrogens is 196 g/mol. The van der Waals surface area contributed by atoms with Crippen molar-refractivity contribution in [3.8, 4) is 0 Å². The summed E-state index contributed by atoms with van der Waals surface area (Å²) in [6.07, 6.45) is 0.156. The van der Waals surface area contributed by atoms with Gasteiger partial charge in [0.2, 0.25) is 0 Å². The van der Waals surface area contributed by atoms with E-state index in [0.717, 1.165) is 4.90 Å². The fourth-order valence-corrected chi connectivity index (χ4v) is 2.77. The van der Waals surface area contributed by atoms with Crippen LogP contribution in [0, 0.1) is 0 Å².